The number of halogens is 1. The summed E-state index contributed by atoms with van der Waals surface area (Å²) < 4.78 is 0. The molecule has 0 saturated heterocycles. The molecule has 18 heavy (non-hydrogen) atoms. The highest BCUT2D eigenvalue weighted by molar-refractivity contribution is 6.30. The molecule has 1 aromatic rings. The van der Waals surface area contributed by atoms with Crippen LogP contribution in [0, 0.1) is 11.8 Å². The van der Waals surface area contributed by atoms with E-state index in [0.717, 1.165) is 6.42 Å². The molecule has 1 saturated carbocycles. The Morgan fingerprint density at radius 1 is 1.33 bits per heavy atom. The van der Waals surface area contributed by atoms with Gasteiger partial charge in [-0.25, -0.2) is 0 Å². The highest BCUT2D eigenvalue weighted by atomic mass is 35.5. The molecule has 2 amide bonds. The second kappa shape index (κ2) is 5.40. The van der Waals surface area contributed by atoms with Crippen LogP contribution in [0.15, 0.2) is 24.3 Å². The first-order valence-electron chi connectivity index (χ1n) is 5.89. The molecule has 1 aromatic carbocycles. The molecule has 4 nitrogen and oxygen atoms in total. The SMILES string of the molecule is C[C@H]1C[C@@H]1C(=O)NCC(=O)Nc1ccc(Cl)cc1. The van der Waals surface area contributed by atoms with Crippen molar-refractivity contribution in [1.29, 1.82) is 0 Å². The van der Waals surface area contributed by atoms with Gasteiger partial charge >= 0.3 is 0 Å². The zero-order chi connectivity index (χ0) is 13.1. The Hall–Kier alpha value is -1.55. The van der Waals surface area contributed by atoms with E-state index in [9.17, 15) is 9.59 Å². The third kappa shape index (κ3) is 3.47. The Balaban J connectivity index is 1.75. The Kier molecular flexibility index (Phi) is 3.87. The van der Waals surface area contributed by atoms with Crippen LogP contribution in [-0.2, 0) is 9.59 Å². The Labute approximate surface area is 111 Å². The Morgan fingerprint density at radius 3 is 2.50 bits per heavy atom. The first-order valence-corrected chi connectivity index (χ1v) is 6.27. The summed E-state index contributed by atoms with van der Waals surface area (Å²) in [7, 11) is 0. The lowest BCUT2D eigenvalue weighted by atomic mass is 10.3. The van der Waals surface area contributed by atoms with E-state index in [-0.39, 0.29) is 24.3 Å². The highest BCUT2D eigenvalue weighted by Crippen LogP contribution is 2.37. The van der Waals surface area contributed by atoms with Gasteiger partial charge in [0.05, 0.1) is 6.54 Å². The zero-order valence-corrected chi connectivity index (χ0v) is 10.8. The van der Waals surface area contributed by atoms with Crippen molar-refractivity contribution in [2.45, 2.75) is 13.3 Å². The van der Waals surface area contributed by atoms with E-state index < -0.39 is 0 Å². The molecular formula is C13H15ClN2O2. The van der Waals surface area contributed by atoms with E-state index in [2.05, 4.69) is 10.6 Å². The van der Waals surface area contributed by atoms with E-state index in [1.807, 2.05) is 6.92 Å². The molecule has 1 aliphatic rings. The Morgan fingerprint density at radius 2 is 1.94 bits per heavy atom. The van der Waals surface area contributed by atoms with Crippen molar-refractivity contribution in [3.8, 4) is 0 Å². The number of hydrogen-bond acceptors (Lipinski definition) is 2. The molecular weight excluding hydrogens is 252 g/mol. The van der Waals surface area contributed by atoms with Crippen molar-refractivity contribution in [2.24, 2.45) is 11.8 Å². The van der Waals surface area contributed by atoms with Gasteiger partial charge in [0.25, 0.3) is 0 Å². The molecule has 0 radical (unpaired) electrons. The molecule has 96 valence electrons. The van der Waals surface area contributed by atoms with E-state index >= 15 is 0 Å². The van der Waals surface area contributed by atoms with Crippen LogP contribution in [0.25, 0.3) is 0 Å². The van der Waals surface area contributed by atoms with Gasteiger partial charge in [0.15, 0.2) is 0 Å². The van der Waals surface area contributed by atoms with Gasteiger partial charge < -0.3 is 10.6 Å². The fourth-order valence-electron chi connectivity index (χ4n) is 1.72. The minimum atomic E-state index is -0.237. The van der Waals surface area contributed by atoms with Crippen LogP contribution in [-0.4, -0.2) is 18.4 Å². The normalized spacial score (nSPS) is 21.2. The molecule has 1 aliphatic carbocycles. The monoisotopic (exact) mass is 266 g/mol. The average molecular weight is 267 g/mol. The van der Waals surface area contributed by atoms with Crippen molar-refractivity contribution in [3.63, 3.8) is 0 Å². The van der Waals surface area contributed by atoms with Gasteiger partial charge in [-0.3, -0.25) is 9.59 Å². The van der Waals surface area contributed by atoms with Crippen molar-refractivity contribution >= 4 is 29.1 Å². The summed E-state index contributed by atoms with van der Waals surface area (Å²) >= 11 is 5.74. The number of amides is 2. The number of carbonyl (C=O) groups excluding carboxylic acids is 2. The molecule has 0 aliphatic heterocycles. The maximum Gasteiger partial charge on any atom is 0.243 e. The van der Waals surface area contributed by atoms with Crippen LogP contribution in [0.1, 0.15) is 13.3 Å². The van der Waals surface area contributed by atoms with E-state index in [1.165, 1.54) is 0 Å². The number of carbonyl (C=O) groups is 2. The van der Waals surface area contributed by atoms with Crippen molar-refractivity contribution < 1.29 is 9.59 Å². The van der Waals surface area contributed by atoms with Gasteiger partial charge in [-0.2, -0.15) is 0 Å². The first-order chi connectivity index (χ1) is 8.56. The summed E-state index contributed by atoms with van der Waals surface area (Å²) in [5.41, 5.74) is 0.665. The Bertz CT molecular complexity index is 459. The lowest BCUT2D eigenvalue weighted by molar-refractivity contribution is -0.125. The summed E-state index contributed by atoms with van der Waals surface area (Å²) in [6, 6.07) is 6.82. The molecule has 2 atom stereocenters. The smallest absolute Gasteiger partial charge is 0.243 e. The second-order valence-electron chi connectivity index (χ2n) is 4.59. The number of benzene rings is 1. The summed E-state index contributed by atoms with van der Waals surface area (Å²) in [5.74, 6) is 0.269. The maximum atomic E-state index is 11.6. The minimum absolute atomic E-state index is 0.00464. The molecule has 0 unspecified atom stereocenters. The molecule has 0 bridgehead atoms. The van der Waals surface area contributed by atoms with E-state index in [4.69, 9.17) is 11.6 Å². The fourth-order valence-corrected chi connectivity index (χ4v) is 1.85. The lowest BCUT2D eigenvalue weighted by Gasteiger charge is -2.06. The number of nitrogens with one attached hydrogen (secondary N) is 2. The lowest BCUT2D eigenvalue weighted by Crippen LogP contribution is -2.34. The van der Waals surface area contributed by atoms with E-state index in [0.29, 0.717) is 16.6 Å². The van der Waals surface area contributed by atoms with E-state index in [1.54, 1.807) is 24.3 Å². The van der Waals surface area contributed by atoms with Gasteiger partial charge in [0, 0.05) is 16.6 Å². The number of rotatable bonds is 4. The van der Waals surface area contributed by atoms with Crippen molar-refractivity contribution in [2.75, 3.05) is 11.9 Å². The van der Waals surface area contributed by atoms with Gasteiger partial charge in [-0.1, -0.05) is 18.5 Å². The molecule has 0 spiro atoms. The number of anilines is 1. The summed E-state index contributed by atoms with van der Waals surface area (Å²) in [4.78, 5) is 23.1. The van der Waals surface area contributed by atoms with Gasteiger partial charge in [-0.15, -0.1) is 0 Å². The highest BCUT2D eigenvalue weighted by Gasteiger charge is 2.38. The largest absolute Gasteiger partial charge is 0.347 e. The molecule has 1 fully saturated rings. The standard InChI is InChI=1S/C13H15ClN2O2/c1-8-6-11(8)13(18)15-7-12(17)16-10-4-2-9(14)3-5-10/h2-5,8,11H,6-7H2,1H3,(H,15,18)(H,16,17)/t8-,11-/m0/s1. The van der Waals surface area contributed by atoms with Crippen LogP contribution in [0.4, 0.5) is 5.69 Å². The topological polar surface area (TPSA) is 58.2 Å². The quantitative estimate of drug-likeness (QED) is 0.876. The van der Waals surface area contributed by atoms with Crippen molar-refractivity contribution in [3.05, 3.63) is 29.3 Å². The summed E-state index contributed by atoms with van der Waals surface area (Å²) in [6.45, 7) is 2.03. The second-order valence-corrected chi connectivity index (χ2v) is 5.03. The summed E-state index contributed by atoms with van der Waals surface area (Å²) in [6.07, 6.45) is 0.921. The van der Waals surface area contributed by atoms with Gasteiger partial charge in [-0.05, 0) is 36.6 Å². The summed E-state index contributed by atoms with van der Waals surface area (Å²) in [5, 5.41) is 5.93. The number of hydrogen-bond donors (Lipinski definition) is 2. The maximum absolute atomic E-state index is 11.6. The van der Waals surface area contributed by atoms with Crippen LogP contribution in [0.5, 0.6) is 0 Å². The van der Waals surface area contributed by atoms with Crippen LogP contribution < -0.4 is 10.6 Å². The molecule has 0 aromatic heterocycles. The van der Waals surface area contributed by atoms with Gasteiger partial charge in [0.2, 0.25) is 11.8 Å². The molecule has 2 N–H and O–H groups in total. The average Bonchev–Trinajstić information content (AvgIpc) is 3.06. The molecule has 5 heteroatoms. The van der Waals surface area contributed by atoms with Crippen LogP contribution >= 0.6 is 11.6 Å². The predicted molar refractivity (Wildman–Crippen MR) is 70.4 cm³/mol. The third-order valence-electron chi connectivity index (χ3n) is 3.00. The van der Waals surface area contributed by atoms with Crippen molar-refractivity contribution in [1.82, 2.24) is 5.32 Å². The molecule has 0 heterocycles. The third-order valence-corrected chi connectivity index (χ3v) is 3.25. The van der Waals surface area contributed by atoms with Crippen LogP contribution in [0.2, 0.25) is 5.02 Å². The fraction of sp³-hybridized carbons (Fsp3) is 0.385. The molecule has 2 rings (SSSR count). The minimum Gasteiger partial charge on any atom is -0.347 e. The predicted octanol–water partition coefficient (Wildman–Crippen LogP) is 2.05. The van der Waals surface area contributed by atoms with Crippen LogP contribution in [0.3, 0.4) is 0 Å². The van der Waals surface area contributed by atoms with Gasteiger partial charge in [0.1, 0.15) is 0 Å². The zero-order valence-electron chi connectivity index (χ0n) is 10.1. The first kappa shape index (κ1) is 12.9.